The standard InChI is InChI=1S/C32H21ClF5N3O3S/c1-14-40-28-24(45-14)12-20(25-21(30(39)42)9-16(10-23(25)35)32(36,37)38)26-27(28)31(43)41(13-15-3-6-18(44-2)7-4-15)29(26)19-11-17(34)5-8-22(19)33/h3-12,29H,13H2,1-2H3,(H2,39,42). The minimum Gasteiger partial charge on any atom is -0.497 e. The van der Waals surface area contributed by atoms with Crippen LogP contribution < -0.4 is 10.5 Å². The normalized spacial score (nSPS) is 14.7. The maximum absolute atomic E-state index is 15.9. The number of hydrogen-bond donors (Lipinski definition) is 1. The molecule has 1 aliphatic heterocycles. The molecule has 6 rings (SSSR count). The number of methoxy groups -OCH3 is 1. The van der Waals surface area contributed by atoms with Crippen LogP contribution in [-0.4, -0.2) is 28.8 Å². The summed E-state index contributed by atoms with van der Waals surface area (Å²) in [5, 5.41) is 0.624. The minimum absolute atomic E-state index is 0.0282. The zero-order chi connectivity index (χ0) is 32.4. The van der Waals surface area contributed by atoms with Crippen LogP contribution in [-0.2, 0) is 12.7 Å². The quantitative estimate of drug-likeness (QED) is 0.187. The van der Waals surface area contributed by atoms with Gasteiger partial charge in [-0.2, -0.15) is 13.2 Å². The first-order valence-corrected chi connectivity index (χ1v) is 14.5. The van der Waals surface area contributed by atoms with E-state index in [1.807, 2.05) is 0 Å². The van der Waals surface area contributed by atoms with Gasteiger partial charge in [0, 0.05) is 28.3 Å². The maximum atomic E-state index is 15.9. The highest BCUT2D eigenvalue weighted by atomic mass is 35.5. The number of amides is 2. The lowest BCUT2D eigenvalue weighted by atomic mass is 9.86. The average Bonchev–Trinajstić information content (AvgIpc) is 3.49. The highest BCUT2D eigenvalue weighted by molar-refractivity contribution is 7.18. The molecule has 1 atom stereocenters. The number of benzene rings is 4. The van der Waals surface area contributed by atoms with Crippen LogP contribution in [0.1, 0.15) is 54.0 Å². The number of ether oxygens (including phenoxy) is 1. The molecule has 2 amide bonds. The van der Waals surface area contributed by atoms with Crippen molar-refractivity contribution in [3.8, 4) is 16.9 Å². The molecule has 5 aromatic rings. The number of carbonyl (C=O) groups excluding carboxylic acids is 2. The van der Waals surface area contributed by atoms with E-state index in [1.165, 1.54) is 35.5 Å². The summed E-state index contributed by atoms with van der Waals surface area (Å²) in [5.74, 6) is -3.37. The number of alkyl halides is 3. The number of fused-ring (bicyclic) bond motifs is 3. The summed E-state index contributed by atoms with van der Waals surface area (Å²) in [6.45, 7) is 1.66. The van der Waals surface area contributed by atoms with Gasteiger partial charge in [-0.05, 0) is 66.6 Å². The Hall–Kier alpha value is -4.55. The highest BCUT2D eigenvalue weighted by Crippen LogP contribution is 2.51. The Morgan fingerprint density at radius 1 is 1.07 bits per heavy atom. The average molecular weight is 658 g/mol. The zero-order valence-corrected chi connectivity index (χ0v) is 25.0. The molecule has 2 heterocycles. The van der Waals surface area contributed by atoms with Gasteiger partial charge in [-0.3, -0.25) is 9.59 Å². The summed E-state index contributed by atoms with van der Waals surface area (Å²) in [6, 6.07) is 11.4. The van der Waals surface area contributed by atoms with Gasteiger partial charge in [0.15, 0.2) is 0 Å². The first-order chi connectivity index (χ1) is 21.3. The van der Waals surface area contributed by atoms with Gasteiger partial charge in [0.2, 0.25) is 5.91 Å². The van der Waals surface area contributed by atoms with E-state index in [1.54, 1.807) is 31.2 Å². The van der Waals surface area contributed by atoms with E-state index >= 15 is 4.39 Å². The molecule has 13 heteroatoms. The van der Waals surface area contributed by atoms with Crippen molar-refractivity contribution in [2.45, 2.75) is 25.7 Å². The second-order valence-electron chi connectivity index (χ2n) is 10.4. The van der Waals surface area contributed by atoms with Crippen molar-refractivity contribution in [2.75, 3.05) is 7.11 Å². The number of aryl methyl sites for hydroxylation is 1. The third-order valence-electron chi connectivity index (χ3n) is 7.61. The van der Waals surface area contributed by atoms with Gasteiger partial charge in [-0.1, -0.05) is 23.7 Å². The molecule has 1 unspecified atom stereocenters. The van der Waals surface area contributed by atoms with Crippen LogP contribution in [0.2, 0.25) is 5.02 Å². The molecule has 0 bridgehead atoms. The van der Waals surface area contributed by atoms with Gasteiger partial charge < -0.3 is 15.4 Å². The molecule has 2 N–H and O–H groups in total. The van der Waals surface area contributed by atoms with Crippen molar-refractivity contribution in [3.63, 3.8) is 0 Å². The molecule has 1 aliphatic rings. The minimum atomic E-state index is -4.98. The molecular formula is C32H21ClF5N3O3S. The molecule has 0 aliphatic carbocycles. The third-order valence-corrected chi connectivity index (χ3v) is 8.87. The maximum Gasteiger partial charge on any atom is 0.416 e. The fourth-order valence-electron chi connectivity index (χ4n) is 5.69. The number of hydrogen-bond acceptors (Lipinski definition) is 5. The van der Waals surface area contributed by atoms with E-state index < -0.39 is 52.4 Å². The Kier molecular flexibility index (Phi) is 7.52. The van der Waals surface area contributed by atoms with Crippen molar-refractivity contribution in [3.05, 3.63) is 116 Å². The number of nitrogens with two attached hydrogens (primary N) is 1. The highest BCUT2D eigenvalue weighted by Gasteiger charge is 2.44. The molecule has 1 aromatic heterocycles. The topological polar surface area (TPSA) is 85.5 Å². The van der Waals surface area contributed by atoms with E-state index in [0.29, 0.717) is 27.1 Å². The second kappa shape index (κ2) is 11.1. The van der Waals surface area contributed by atoms with Gasteiger partial charge >= 0.3 is 6.18 Å². The molecule has 45 heavy (non-hydrogen) atoms. The van der Waals surface area contributed by atoms with E-state index in [4.69, 9.17) is 22.1 Å². The lowest BCUT2D eigenvalue weighted by Crippen LogP contribution is -2.28. The van der Waals surface area contributed by atoms with Crippen molar-refractivity contribution in [1.29, 1.82) is 0 Å². The third kappa shape index (κ3) is 5.27. The van der Waals surface area contributed by atoms with E-state index in [2.05, 4.69) is 4.98 Å². The van der Waals surface area contributed by atoms with Crippen molar-refractivity contribution in [1.82, 2.24) is 9.88 Å². The van der Waals surface area contributed by atoms with Gasteiger partial charge in [-0.25, -0.2) is 13.8 Å². The molecule has 0 saturated heterocycles. The summed E-state index contributed by atoms with van der Waals surface area (Å²) in [4.78, 5) is 32.9. The van der Waals surface area contributed by atoms with Crippen molar-refractivity contribution < 1.29 is 36.3 Å². The predicted octanol–water partition coefficient (Wildman–Crippen LogP) is 8.08. The van der Waals surface area contributed by atoms with E-state index in [-0.39, 0.29) is 45.4 Å². The first kappa shape index (κ1) is 30.5. The second-order valence-corrected chi connectivity index (χ2v) is 12.0. The summed E-state index contributed by atoms with van der Waals surface area (Å²) in [6.07, 6.45) is -4.98. The Labute approximate surface area is 261 Å². The Morgan fingerprint density at radius 2 is 1.78 bits per heavy atom. The predicted molar refractivity (Wildman–Crippen MR) is 159 cm³/mol. The number of rotatable bonds is 6. The fraction of sp³-hybridized carbons (Fsp3) is 0.156. The molecule has 0 saturated carbocycles. The van der Waals surface area contributed by atoms with Crippen LogP contribution in [0.5, 0.6) is 5.75 Å². The Morgan fingerprint density at radius 3 is 2.42 bits per heavy atom. The lowest BCUT2D eigenvalue weighted by Gasteiger charge is -2.28. The molecule has 4 aromatic carbocycles. The fourth-order valence-corrected chi connectivity index (χ4v) is 6.79. The summed E-state index contributed by atoms with van der Waals surface area (Å²) in [5.41, 5.74) is 3.95. The lowest BCUT2D eigenvalue weighted by molar-refractivity contribution is -0.137. The number of primary amides is 1. The molecule has 6 nitrogen and oxygen atoms in total. The molecular weight excluding hydrogens is 637 g/mol. The number of halogens is 6. The summed E-state index contributed by atoms with van der Waals surface area (Å²) in [7, 11) is 1.50. The van der Waals surface area contributed by atoms with Crippen molar-refractivity contribution >= 4 is 45.0 Å². The monoisotopic (exact) mass is 657 g/mol. The summed E-state index contributed by atoms with van der Waals surface area (Å²) < 4.78 is 77.3. The van der Waals surface area contributed by atoms with Gasteiger partial charge in [0.25, 0.3) is 5.91 Å². The van der Waals surface area contributed by atoms with Crippen LogP contribution in [0.3, 0.4) is 0 Å². The SMILES string of the molecule is COc1ccc(CN2C(=O)c3c(c(-c4c(F)cc(C(F)(F)F)cc4C(N)=O)cc4sc(C)nc34)C2c2cc(F)ccc2Cl)cc1. The smallest absolute Gasteiger partial charge is 0.416 e. The van der Waals surface area contributed by atoms with Crippen LogP contribution in [0.4, 0.5) is 22.0 Å². The van der Waals surface area contributed by atoms with Crippen LogP contribution in [0, 0.1) is 18.6 Å². The molecule has 0 spiro atoms. The first-order valence-electron chi connectivity index (χ1n) is 13.3. The number of nitrogens with zero attached hydrogens (tertiary/aromatic N) is 2. The number of thiazole rings is 1. The number of carbonyl (C=O) groups is 2. The van der Waals surface area contributed by atoms with Crippen molar-refractivity contribution in [2.24, 2.45) is 5.73 Å². The zero-order valence-electron chi connectivity index (χ0n) is 23.4. The Balaban J connectivity index is 1.70. The van der Waals surface area contributed by atoms with Gasteiger partial charge in [0.05, 0.1) is 45.1 Å². The molecule has 230 valence electrons. The van der Waals surface area contributed by atoms with Crippen LogP contribution in [0.25, 0.3) is 21.3 Å². The Bertz CT molecular complexity index is 2030. The van der Waals surface area contributed by atoms with E-state index in [0.717, 1.165) is 12.1 Å². The van der Waals surface area contributed by atoms with Crippen LogP contribution >= 0.6 is 22.9 Å². The largest absolute Gasteiger partial charge is 0.497 e. The summed E-state index contributed by atoms with van der Waals surface area (Å²) >= 11 is 7.76. The van der Waals surface area contributed by atoms with Gasteiger partial charge in [-0.15, -0.1) is 11.3 Å². The number of aromatic nitrogens is 1. The van der Waals surface area contributed by atoms with E-state index in [9.17, 15) is 27.2 Å². The molecule has 0 fully saturated rings. The molecule has 0 radical (unpaired) electrons. The van der Waals surface area contributed by atoms with Gasteiger partial charge in [0.1, 0.15) is 17.4 Å². The van der Waals surface area contributed by atoms with Crippen LogP contribution in [0.15, 0.2) is 60.7 Å².